The molecule has 1 aliphatic rings. The molecule has 0 bridgehead atoms. The van der Waals surface area contributed by atoms with Crippen LogP contribution in [0.2, 0.25) is 0 Å². The highest BCUT2D eigenvalue weighted by molar-refractivity contribution is 7.09. The van der Waals surface area contributed by atoms with Crippen LogP contribution in [-0.2, 0) is 6.54 Å². The van der Waals surface area contributed by atoms with Crippen LogP contribution in [0, 0.1) is 12.7 Å². The fourth-order valence-corrected chi connectivity index (χ4v) is 4.26. The predicted molar refractivity (Wildman–Crippen MR) is 101 cm³/mol. The highest BCUT2D eigenvalue weighted by Gasteiger charge is 2.32. The van der Waals surface area contributed by atoms with Crippen molar-refractivity contribution in [2.24, 2.45) is 0 Å². The lowest BCUT2D eigenvalue weighted by Gasteiger charge is -2.33. The molecule has 0 aliphatic carbocycles. The van der Waals surface area contributed by atoms with Crippen LogP contribution in [0.5, 0.6) is 0 Å². The van der Waals surface area contributed by atoms with Crippen LogP contribution in [0.3, 0.4) is 0 Å². The Hall–Kier alpha value is -3.14. The molecule has 10 heteroatoms. The Morgan fingerprint density at radius 1 is 1.32 bits per heavy atom. The summed E-state index contributed by atoms with van der Waals surface area (Å²) in [6, 6.07) is 4.72. The number of aromatic nitrogens is 6. The quantitative estimate of drug-likeness (QED) is 0.561. The van der Waals surface area contributed by atoms with E-state index in [4.69, 9.17) is 0 Å². The summed E-state index contributed by atoms with van der Waals surface area (Å²) in [6.07, 6.45) is 1.29. The van der Waals surface area contributed by atoms with E-state index in [2.05, 4.69) is 24.5 Å². The normalized spacial score (nSPS) is 16.5. The molecule has 1 aromatic carbocycles. The van der Waals surface area contributed by atoms with Gasteiger partial charge in [-0.15, -0.1) is 10.2 Å². The molecule has 0 spiro atoms. The van der Waals surface area contributed by atoms with Crippen molar-refractivity contribution in [2.45, 2.75) is 26.4 Å². The molecule has 0 fully saturated rings. The number of amides is 1. The zero-order valence-corrected chi connectivity index (χ0v) is 16.0. The first-order valence-corrected chi connectivity index (χ1v) is 9.61. The number of benzene rings is 1. The van der Waals surface area contributed by atoms with E-state index in [-0.39, 0.29) is 17.8 Å². The maximum atomic E-state index is 13.7. The third kappa shape index (κ3) is 2.52. The molecular weight excluding hydrogens is 381 g/mol. The number of H-pyrrole nitrogens is 1. The Balaban J connectivity index is 1.46. The number of hydrogen-bond donors (Lipinski definition) is 1. The zero-order valence-electron chi connectivity index (χ0n) is 15.2. The fourth-order valence-electron chi connectivity index (χ4n) is 3.60. The van der Waals surface area contributed by atoms with Crippen molar-refractivity contribution in [1.82, 2.24) is 34.0 Å². The smallest absolute Gasteiger partial charge is 0.254 e. The van der Waals surface area contributed by atoms with Crippen LogP contribution in [0.4, 0.5) is 4.39 Å². The maximum Gasteiger partial charge on any atom is 0.254 e. The molecule has 5 rings (SSSR count). The van der Waals surface area contributed by atoms with Gasteiger partial charge in [-0.1, -0.05) is 0 Å². The molecule has 4 heterocycles. The van der Waals surface area contributed by atoms with Crippen molar-refractivity contribution < 1.29 is 9.18 Å². The van der Waals surface area contributed by atoms with Gasteiger partial charge in [0.25, 0.3) is 5.91 Å². The van der Waals surface area contributed by atoms with E-state index in [0.717, 1.165) is 10.8 Å². The van der Waals surface area contributed by atoms with Crippen molar-refractivity contribution in [1.29, 1.82) is 0 Å². The summed E-state index contributed by atoms with van der Waals surface area (Å²) in [5, 5.41) is 9.78. The minimum atomic E-state index is -0.326. The average molecular weight is 397 g/mol. The van der Waals surface area contributed by atoms with Crippen LogP contribution in [0.25, 0.3) is 21.7 Å². The fraction of sp³-hybridized carbons (Fsp3) is 0.278. The van der Waals surface area contributed by atoms with E-state index in [0.29, 0.717) is 41.2 Å². The predicted octanol–water partition coefficient (Wildman–Crippen LogP) is 2.94. The summed E-state index contributed by atoms with van der Waals surface area (Å²) in [5.41, 5.74) is 1.11. The Bertz CT molecular complexity index is 1210. The van der Waals surface area contributed by atoms with Gasteiger partial charge in [-0.05, 0) is 43.6 Å². The minimum absolute atomic E-state index is 0.119. The van der Waals surface area contributed by atoms with Crippen molar-refractivity contribution in [3.05, 3.63) is 47.4 Å². The number of nitrogens with zero attached hydrogens (tertiary/aromatic N) is 6. The first-order valence-electron chi connectivity index (χ1n) is 8.84. The monoisotopic (exact) mass is 397 g/mol. The topological polar surface area (TPSA) is 92.6 Å². The molecule has 28 heavy (non-hydrogen) atoms. The van der Waals surface area contributed by atoms with Crippen molar-refractivity contribution in [3.63, 3.8) is 0 Å². The average Bonchev–Trinajstić information content (AvgIpc) is 3.40. The van der Waals surface area contributed by atoms with Gasteiger partial charge in [-0.25, -0.2) is 9.37 Å². The van der Waals surface area contributed by atoms with E-state index >= 15 is 0 Å². The number of nitrogens with one attached hydrogen (secondary N) is 1. The lowest BCUT2D eigenvalue weighted by molar-refractivity contribution is 0.0638. The largest absolute Gasteiger partial charge is 0.359 e. The molecule has 4 aromatic rings. The summed E-state index contributed by atoms with van der Waals surface area (Å²) < 4.78 is 19.9. The first-order chi connectivity index (χ1) is 13.5. The number of rotatable bonds is 2. The number of hydrogen-bond acceptors (Lipinski definition) is 6. The SMILES string of the molecule is Cc1nsc(-c2nnc3n2CCN(C(=O)c2ccc4c(F)c[nH]c4c2)[C@@H]3C)n1. The molecule has 1 aliphatic heterocycles. The van der Waals surface area contributed by atoms with Crippen LogP contribution in [-0.4, -0.2) is 46.5 Å². The molecule has 1 atom stereocenters. The van der Waals surface area contributed by atoms with Gasteiger partial charge in [-0.3, -0.25) is 4.79 Å². The summed E-state index contributed by atoms with van der Waals surface area (Å²) in [4.78, 5) is 22.1. The third-order valence-electron chi connectivity index (χ3n) is 5.04. The molecule has 0 saturated heterocycles. The van der Waals surface area contributed by atoms with Gasteiger partial charge in [-0.2, -0.15) is 4.37 Å². The highest BCUT2D eigenvalue weighted by Crippen LogP contribution is 2.30. The van der Waals surface area contributed by atoms with E-state index < -0.39 is 0 Å². The van der Waals surface area contributed by atoms with Crippen molar-refractivity contribution in [2.75, 3.05) is 6.54 Å². The van der Waals surface area contributed by atoms with Gasteiger partial charge < -0.3 is 14.5 Å². The number of carbonyl (C=O) groups is 1. The van der Waals surface area contributed by atoms with Gasteiger partial charge >= 0.3 is 0 Å². The van der Waals surface area contributed by atoms with Gasteiger partial charge in [0.15, 0.2) is 16.7 Å². The van der Waals surface area contributed by atoms with Crippen LogP contribution >= 0.6 is 11.5 Å². The molecule has 1 N–H and O–H groups in total. The van der Waals surface area contributed by atoms with E-state index in [1.807, 2.05) is 18.4 Å². The molecule has 8 nitrogen and oxygen atoms in total. The first kappa shape index (κ1) is 17.0. The van der Waals surface area contributed by atoms with E-state index in [1.54, 1.807) is 23.1 Å². The van der Waals surface area contributed by atoms with Crippen molar-refractivity contribution >= 4 is 28.3 Å². The summed E-state index contributed by atoms with van der Waals surface area (Å²) >= 11 is 1.29. The van der Waals surface area contributed by atoms with Gasteiger partial charge in [0, 0.05) is 35.8 Å². The Morgan fingerprint density at radius 3 is 2.96 bits per heavy atom. The lowest BCUT2D eigenvalue weighted by atomic mass is 10.1. The molecule has 3 aromatic heterocycles. The minimum Gasteiger partial charge on any atom is -0.359 e. The summed E-state index contributed by atoms with van der Waals surface area (Å²) in [5.74, 6) is 1.66. The van der Waals surface area contributed by atoms with Crippen LogP contribution < -0.4 is 0 Å². The highest BCUT2D eigenvalue weighted by atomic mass is 32.1. The van der Waals surface area contributed by atoms with E-state index in [1.165, 1.54) is 17.7 Å². The molecule has 0 unspecified atom stereocenters. The summed E-state index contributed by atoms with van der Waals surface area (Å²) in [7, 11) is 0. The molecule has 1 amide bonds. The standard InChI is InChI=1S/C18H16FN7OS/c1-9-15-22-23-16(17-21-10(2)24-28-17)26(15)6-5-25(9)18(27)11-3-4-12-13(19)8-20-14(12)7-11/h3-4,7-9,20H,5-6H2,1-2H3/t9-/m1/s1. The number of aromatic amines is 1. The van der Waals surface area contributed by atoms with Crippen LogP contribution in [0.15, 0.2) is 24.4 Å². The molecule has 0 saturated carbocycles. The Kier molecular flexibility index (Phi) is 3.76. The van der Waals surface area contributed by atoms with Gasteiger partial charge in [0.2, 0.25) is 0 Å². The number of fused-ring (bicyclic) bond motifs is 2. The molecule has 0 radical (unpaired) electrons. The second kappa shape index (κ2) is 6.20. The molecular formula is C18H16FN7OS. The van der Waals surface area contributed by atoms with Gasteiger partial charge in [0.1, 0.15) is 11.6 Å². The lowest BCUT2D eigenvalue weighted by Crippen LogP contribution is -2.41. The summed E-state index contributed by atoms with van der Waals surface area (Å²) in [6.45, 7) is 4.86. The maximum absolute atomic E-state index is 13.7. The van der Waals surface area contributed by atoms with Gasteiger partial charge in [0.05, 0.1) is 6.04 Å². The van der Waals surface area contributed by atoms with Crippen LogP contribution in [0.1, 0.15) is 35.0 Å². The zero-order chi connectivity index (χ0) is 19.4. The third-order valence-corrected chi connectivity index (χ3v) is 5.85. The number of carbonyl (C=O) groups excluding carboxylic acids is 1. The molecule has 142 valence electrons. The second-order valence-corrected chi connectivity index (χ2v) is 7.50. The number of aryl methyl sites for hydroxylation is 1. The second-order valence-electron chi connectivity index (χ2n) is 6.75. The Labute approximate surface area is 163 Å². The Morgan fingerprint density at radius 2 is 2.18 bits per heavy atom. The van der Waals surface area contributed by atoms with E-state index in [9.17, 15) is 9.18 Å². The van der Waals surface area contributed by atoms with Crippen molar-refractivity contribution in [3.8, 4) is 10.8 Å². The number of halogens is 1.